The van der Waals surface area contributed by atoms with Gasteiger partial charge < -0.3 is 24.4 Å². The quantitative estimate of drug-likeness (QED) is 0.773. The first-order chi connectivity index (χ1) is 12.6. The summed E-state index contributed by atoms with van der Waals surface area (Å²) in [6.07, 6.45) is -5.13. The van der Waals surface area contributed by atoms with E-state index in [1.165, 1.54) is 0 Å². The highest BCUT2D eigenvalue weighted by atomic mass is 16.7. The Morgan fingerprint density at radius 1 is 0.885 bits per heavy atom. The topological polar surface area (TPSA) is 102 Å². The first-order valence-electron chi connectivity index (χ1n) is 8.06. The molecule has 0 saturated carbocycles. The first kappa shape index (κ1) is 18.1. The zero-order valence-electron chi connectivity index (χ0n) is 13.7. The van der Waals surface area contributed by atoms with Gasteiger partial charge in [0.05, 0.1) is 11.1 Å². The Hall–Kier alpha value is -2.74. The van der Waals surface area contributed by atoms with E-state index < -0.39 is 36.5 Å². The Balaban J connectivity index is 1.63. The van der Waals surface area contributed by atoms with Crippen LogP contribution in [0.5, 0.6) is 0 Å². The lowest BCUT2D eigenvalue weighted by Gasteiger charge is -2.20. The molecule has 1 aliphatic heterocycles. The van der Waals surface area contributed by atoms with E-state index in [-0.39, 0.29) is 6.61 Å². The zero-order valence-corrected chi connectivity index (χ0v) is 13.7. The van der Waals surface area contributed by atoms with Crippen LogP contribution in [0.25, 0.3) is 0 Å². The van der Waals surface area contributed by atoms with Gasteiger partial charge in [0.25, 0.3) is 0 Å². The average Bonchev–Trinajstić information content (AvgIpc) is 2.95. The van der Waals surface area contributed by atoms with Crippen molar-refractivity contribution >= 4 is 11.9 Å². The van der Waals surface area contributed by atoms with Crippen LogP contribution in [-0.4, -0.2) is 53.4 Å². The molecule has 2 N–H and O–H groups in total. The summed E-state index contributed by atoms with van der Waals surface area (Å²) >= 11 is 0. The van der Waals surface area contributed by atoms with Crippen LogP contribution in [0.4, 0.5) is 0 Å². The maximum atomic E-state index is 12.2. The van der Waals surface area contributed by atoms with Crippen LogP contribution in [0, 0.1) is 0 Å². The molecule has 0 unspecified atom stereocenters. The van der Waals surface area contributed by atoms with E-state index in [1.54, 1.807) is 60.7 Å². The van der Waals surface area contributed by atoms with Crippen molar-refractivity contribution in [3.63, 3.8) is 0 Å². The molecule has 26 heavy (non-hydrogen) atoms. The summed E-state index contributed by atoms with van der Waals surface area (Å²) in [6, 6.07) is 16.6. The van der Waals surface area contributed by atoms with Gasteiger partial charge >= 0.3 is 11.9 Å². The number of hydrogen-bond donors (Lipinski definition) is 2. The van der Waals surface area contributed by atoms with Crippen LogP contribution in [0.3, 0.4) is 0 Å². The molecule has 2 aromatic carbocycles. The van der Waals surface area contributed by atoms with E-state index in [4.69, 9.17) is 14.2 Å². The number of aliphatic hydroxyl groups is 2. The highest BCUT2D eigenvalue weighted by Crippen LogP contribution is 2.24. The maximum Gasteiger partial charge on any atom is 0.338 e. The summed E-state index contributed by atoms with van der Waals surface area (Å²) in [5.41, 5.74) is 0.644. The molecule has 1 saturated heterocycles. The first-order valence-corrected chi connectivity index (χ1v) is 8.06. The summed E-state index contributed by atoms with van der Waals surface area (Å²) < 4.78 is 15.6. The van der Waals surface area contributed by atoms with E-state index in [1.807, 2.05) is 0 Å². The molecule has 0 aromatic heterocycles. The summed E-state index contributed by atoms with van der Waals surface area (Å²) in [7, 11) is 0. The molecule has 3 rings (SSSR count). The van der Waals surface area contributed by atoms with Gasteiger partial charge in [0.15, 0.2) is 12.4 Å². The van der Waals surface area contributed by atoms with Crippen LogP contribution < -0.4 is 0 Å². The molecule has 1 heterocycles. The monoisotopic (exact) mass is 358 g/mol. The number of aliphatic hydroxyl groups excluding tert-OH is 2. The second-order valence-corrected chi connectivity index (χ2v) is 5.76. The molecule has 1 aliphatic rings. The van der Waals surface area contributed by atoms with Crippen molar-refractivity contribution in [1.29, 1.82) is 0 Å². The molecule has 0 amide bonds. The van der Waals surface area contributed by atoms with Gasteiger partial charge in [-0.3, -0.25) is 0 Å². The predicted molar refractivity (Wildman–Crippen MR) is 89.3 cm³/mol. The fourth-order valence-electron chi connectivity index (χ4n) is 2.58. The normalized spacial score (nSPS) is 24.8. The van der Waals surface area contributed by atoms with Crippen LogP contribution in [-0.2, 0) is 14.2 Å². The number of rotatable bonds is 5. The number of esters is 2. The highest BCUT2D eigenvalue weighted by molar-refractivity contribution is 5.90. The summed E-state index contributed by atoms with van der Waals surface area (Å²) in [6.45, 7) is -0.283. The second-order valence-electron chi connectivity index (χ2n) is 5.76. The summed E-state index contributed by atoms with van der Waals surface area (Å²) in [5, 5.41) is 19.7. The van der Waals surface area contributed by atoms with Gasteiger partial charge in [-0.15, -0.1) is 0 Å². The Kier molecular flexibility index (Phi) is 5.62. The van der Waals surface area contributed by atoms with Crippen molar-refractivity contribution in [3.05, 3.63) is 71.8 Å². The van der Waals surface area contributed by atoms with E-state index in [2.05, 4.69) is 0 Å². The number of ether oxygens (including phenoxy) is 3. The summed E-state index contributed by atoms with van der Waals surface area (Å²) in [5.74, 6) is -1.26. The van der Waals surface area contributed by atoms with Crippen molar-refractivity contribution in [2.45, 2.75) is 24.6 Å². The lowest BCUT2D eigenvalue weighted by atomic mass is 10.1. The maximum absolute atomic E-state index is 12.2. The molecule has 7 heteroatoms. The molecule has 0 aliphatic carbocycles. The number of hydrogen-bond acceptors (Lipinski definition) is 7. The fraction of sp³-hybridized carbons (Fsp3) is 0.263. The summed E-state index contributed by atoms with van der Waals surface area (Å²) in [4.78, 5) is 24.2. The van der Waals surface area contributed by atoms with Crippen molar-refractivity contribution < 1.29 is 34.0 Å². The van der Waals surface area contributed by atoms with E-state index >= 15 is 0 Å². The lowest BCUT2D eigenvalue weighted by molar-refractivity contribution is -0.133. The second kappa shape index (κ2) is 8.09. The number of benzene rings is 2. The number of carbonyl (C=O) groups excluding carboxylic acids is 2. The van der Waals surface area contributed by atoms with E-state index in [0.29, 0.717) is 11.1 Å². The lowest BCUT2D eigenvalue weighted by Crippen LogP contribution is -2.39. The van der Waals surface area contributed by atoms with Crippen LogP contribution in [0.2, 0.25) is 0 Å². The minimum Gasteiger partial charge on any atom is -0.459 e. The van der Waals surface area contributed by atoms with Gasteiger partial charge in [-0.2, -0.15) is 0 Å². The Bertz CT molecular complexity index is 747. The van der Waals surface area contributed by atoms with Gasteiger partial charge in [0.2, 0.25) is 0 Å². The third kappa shape index (κ3) is 4.08. The fourth-order valence-corrected chi connectivity index (χ4v) is 2.58. The van der Waals surface area contributed by atoms with Crippen molar-refractivity contribution in [2.75, 3.05) is 6.61 Å². The van der Waals surface area contributed by atoms with Gasteiger partial charge in [0, 0.05) is 0 Å². The Morgan fingerprint density at radius 3 is 2.00 bits per heavy atom. The molecule has 136 valence electrons. The molecule has 2 aromatic rings. The van der Waals surface area contributed by atoms with Crippen LogP contribution >= 0.6 is 0 Å². The number of carbonyl (C=O) groups is 2. The molecule has 7 nitrogen and oxygen atoms in total. The largest absolute Gasteiger partial charge is 0.459 e. The smallest absolute Gasteiger partial charge is 0.338 e. The van der Waals surface area contributed by atoms with Gasteiger partial charge in [-0.25, -0.2) is 9.59 Å². The highest BCUT2D eigenvalue weighted by Gasteiger charge is 2.46. The third-order valence-electron chi connectivity index (χ3n) is 3.95. The minimum atomic E-state index is -1.54. The molecule has 0 spiro atoms. The molecular weight excluding hydrogens is 340 g/mol. The zero-order chi connectivity index (χ0) is 18.5. The molecule has 0 radical (unpaired) electrons. The molecule has 0 bridgehead atoms. The predicted octanol–water partition coefficient (Wildman–Crippen LogP) is 1.15. The Morgan fingerprint density at radius 2 is 1.42 bits per heavy atom. The van der Waals surface area contributed by atoms with Crippen molar-refractivity contribution in [1.82, 2.24) is 0 Å². The average molecular weight is 358 g/mol. The molecule has 4 atom stereocenters. The van der Waals surface area contributed by atoms with Gasteiger partial charge in [-0.1, -0.05) is 36.4 Å². The van der Waals surface area contributed by atoms with Gasteiger partial charge in [-0.05, 0) is 24.3 Å². The Labute approximate surface area is 149 Å². The minimum absolute atomic E-state index is 0.283. The third-order valence-corrected chi connectivity index (χ3v) is 3.95. The van der Waals surface area contributed by atoms with Crippen LogP contribution in [0.15, 0.2) is 60.7 Å². The van der Waals surface area contributed by atoms with Crippen LogP contribution in [0.1, 0.15) is 20.7 Å². The molecule has 1 fully saturated rings. The van der Waals surface area contributed by atoms with E-state index in [9.17, 15) is 19.8 Å². The SMILES string of the molecule is O=C(OC[C@H]1O[C@@H](O)[C@H](O)[C@H]1OC(=O)c1ccccc1)c1ccccc1. The van der Waals surface area contributed by atoms with Gasteiger partial charge in [0.1, 0.15) is 18.8 Å². The van der Waals surface area contributed by atoms with Crippen molar-refractivity contribution in [3.8, 4) is 0 Å². The van der Waals surface area contributed by atoms with Crippen molar-refractivity contribution in [2.24, 2.45) is 0 Å². The molecular formula is C19H18O7. The van der Waals surface area contributed by atoms with E-state index in [0.717, 1.165) is 0 Å². The standard InChI is InChI=1S/C19H18O7/c20-15-16(26-18(22)13-9-5-2-6-10-13)14(25-19(15)23)11-24-17(21)12-7-3-1-4-8-12/h1-10,14-16,19-20,23H,11H2/t14-,15-,16+,19-/m1/s1.